The normalized spacial score (nSPS) is 27.6. The number of rotatable bonds is 4. The fourth-order valence-electron chi connectivity index (χ4n) is 3.77. The third kappa shape index (κ3) is 3.61. The molecule has 1 N–H and O–H groups in total. The van der Waals surface area contributed by atoms with Crippen LogP contribution in [0.2, 0.25) is 0 Å². The number of benzene rings is 1. The molecular formula is C19H26N2O3. The Hall–Kier alpha value is -1.88. The predicted octanol–water partition coefficient (Wildman–Crippen LogP) is 1.65. The lowest BCUT2D eigenvalue weighted by molar-refractivity contribution is -0.140. The molecule has 3 unspecified atom stereocenters. The number of hydrogen-bond acceptors (Lipinski definition) is 3. The Bertz CT molecular complexity index is 590. The molecule has 1 aromatic carbocycles. The molecule has 2 aliphatic rings. The summed E-state index contributed by atoms with van der Waals surface area (Å²) in [6.45, 7) is 3.86. The average molecular weight is 330 g/mol. The number of aliphatic hydroxyl groups excluding tert-OH is 1. The first-order valence-electron chi connectivity index (χ1n) is 8.81. The highest BCUT2D eigenvalue weighted by Crippen LogP contribution is 2.27. The van der Waals surface area contributed by atoms with Crippen molar-refractivity contribution >= 4 is 11.8 Å². The zero-order chi connectivity index (χ0) is 17.1. The average Bonchev–Trinajstić information content (AvgIpc) is 2.96. The molecule has 130 valence electrons. The minimum atomic E-state index is -0.249. The van der Waals surface area contributed by atoms with Crippen molar-refractivity contribution < 1.29 is 14.7 Å². The van der Waals surface area contributed by atoms with Crippen molar-refractivity contribution in [1.82, 2.24) is 9.80 Å². The van der Waals surface area contributed by atoms with Crippen LogP contribution in [0, 0.1) is 11.8 Å². The predicted molar refractivity (Wildman–Crippen MR) is 91.0 cm³/mol. The van der Waals surface area contributed by atoms with Crippen molar-refractivity contribution in [2.45, 2.75) is 38.8 Å². The molecule has 0 aliphatic carbocycles. The van der Waals surface area contributed by atoms with Crippen LogP contribution >= 0.6 is 0 Å². The zero-order valence-electron chi connectivity index (χ0n) is 14.2. The Morgan fingerprint density at radius 3 is 2.67 bits per heavy atom. The summed E-state index contributed by atoms with van der Waals surface area (Å²) in [5, 5.41) is 9.39. The van der Waals surface area contributed by atoms with Crippen LogP contribution in [0.25, 0.3) is 0 Å². The van der Waals surface area contributed by atoms with Gasteiger partial charge in [0.2, 0.25) is 11.8 Å². The fraction of sp³-hybridized carbons (Fsp3) is 0.579. The van der Waals surface area contributed by atoms with Crippen LogP contribution in [-0.4, -0.2) is 52.5 Å². The Morgan fingerprint density at radius 1 is 1.21 bits per heavy atom. The molecule has 24 heavy (non-hydrogen) atoms. The summed E-state index contributed by atoms with van der Waals surface area (Å²) in [4.78, 5) is 28.8. The standard InChI is InChI=1S/C19H26N2O3/c1-14-7-8-16(13-22)11-21(14)19(24)17-9-18(23)20(12-17)10-15-5-3-2-4-6-15/h2-6,14,16-17,22H,7-13H2,1H3. The van der Waals surface area contributed by atoms with Gasteiger partial charge in [-0.3, -0.25) is 9.59 Å². The Kier molecular flexibility index (Phi) is 5.19. The van der Waals surface area contributed by atoms with Gasteiger partial charge in [0.05, 0.1) is 5.92 Å². The molecule has 5 heteroatoms. The van der Waals surface area contributed by atoms with E-state index in [0.29, 0.717) is 26.1 Å². The van der Waals surface area contributed by atoms with Crippen LogP contribution in [0.5, 0.6) is 0 Å². The zero-order valence-corrected chi connectivity index (χ0v) is 14.2. The van der Waals surface area contributed by atoms with E-state index in [4.69, 9.17) is 0 Å². The molecule has 1 aromatic rings. The van der Waals surface area contributed by atoms with Gasteiger partial charge in [0.25, 0.3) is 0 Å². The molecule has 2 amide bonds. The maximum atomic E-state index is 12.9. The molecule has 3 atom stereocenters. The Balaban J connectivity index is 1.63. The summed E-state index contributed by atoms with van der Waals surface area (Å²) in [5.41, 5.74) is 1.09. The lowest BCUT2D eigenvalue weighted by atomic mass is 9.92. The molecule has 0 aromatic heterocycles. The molecule has 2 saturated heterocycles. The summed E-state index contributed by atoms with van der Waals surface area (Å²) in [7, 11) is 0. The summed E-state index contributed by atoms with van der Waals surface area (Å²) >= 11 is 0. The van der Waals surface area contributed by atoms with Crippen molar-refractivity contribution in [1.29, 1.82) is 0 Å². The number of carbonyl (C=O) groups excluding carboxylic acids is 2. The fourth-order valence-corrected chi connectivity index (χ4v) is 3.77. The summed E-state index contributed by atoms with van der Waals surface area (Å²) in [6.07, 6.45) is 2.19. The SMILES string of the molecule is CC1CCC(CO)CN1C(=O)C1CC(=O)N(Cc2ccccc2)C1. The number of aliphatic hydroxyl groups is 1. The Labute approximate surface area is 143 Å². The van der Waals surface area contributed by atoms with E-state index >= 15 is 0 Å². The van der Waals surface area contributed by atoms with Crippen LogP contribution in [0.15, 0.2) is 30.3 Å². The summed E-state index contributed by atoms with van der Waals surface area (Å²) in [6, 6.07) is 10.1. The lowest BCUT2D eigenvalue weighted by Gasteiger charge is -2.38. The molecule has 0 bridgehead atoms. The second kappa shape index (κ2) is 7.34. The van der Waals surface area contributed by atoms with Crippen LogP contribution in [0.4, 0.5) is 0 Å². The van der Waals surface area contributed by atoms with Crippen LogP contribution in [0.3, 0.4) is 0 Å². The maximum absolute atomic E-state index is 12.9. The second-order valence-electron chi connectivity index (χ2n) is 7.13. The maximum Gasteiger partial charge on any atom is 0.228 e. The van der Waals surface area contributed by atoms with Gasteiger partial charge in [-0.1, -0.05) is 30.3 Å². The number of nitrogens with zero attached hydrogens (tertiary/aromatic N) is 2. The number of carbonyl (C=O) groups is 2. The second-order valence-corrected chi connectivity index (χ2v) is 7.13. The highest BCUT2D eigenvalue weighted by atomic mass is 16.3. The van der Waals surface area contributed by atoms with Crippen LogP contribution in [0.1, 0.15) is 31.7 Å². The first kappa shape index (κ1) is 17.0. The minimum Gasteiger partial charge on any atom is -0.396 e. The van der Waals surface area contributed by atoms with E-state index in [0.717, 1.165) is 18.4 Å². The molecular weight excluding hydrogens is 304 g/mol. The van der Waals surface area contributed by atoms with Gasteiger partial charge in [-0.05, 0) is 31.2 Å². The number of hydrogen-bond donors (Lipinski definition) is 1. The topological polar surface area (TPSA) is 60.9 Å². The molecule has 0 saturated carbocycles. The molecule has 2 fully saturated rings. The van der Waals surface area contributed by atoms with E-state index < -0.39 is 0 Å². The van der Waals surface area contributed by atoms with Gasteiger partial charge in [-0.2, -0.15) is 0 Å². The minimum absolute atomic E-state index is 0.0561. The number of piperidine rings is 1. The smallest absolute Gasteiger partial charge is 0.228 e. The molecule has 3 rings (SSSR count). The van der Waals surface area contributed by atoms with E-state index in [9.17, 15) is 14.7 Å². The van der Waals surface area contributed by atoms with Gasteiger partial charge in [0.15, 0.2) is 0 Å². The lowest BCUT2D eigenvalue weighted by Crippen LogP contribution is -2.49. The molecule has 2 heterocycles. The molecule has 5 nitrogen and oxygen atoms in total. The van der Waals surface area contributed by atoms with E-state index in [1.807, 2.05) is 35.2 Å². The van der Waals surface area contributed by atoms with Gasteiger partial charge >= 0.3 is 0 Å². The third-order valence-electron chi connectivity index (χ3n) is 5.30. The molecule has 2 aliphatic heterocycles. The monoisotopic (exact) mass is 330 g/mol. The largest absolute Gasteiger partial charge is 0.396 e. The van der Waals surface area contributed by atoms with Gasteiger partial charge < -0.3 is 14.9 Å². The van der Waals surface area contributed by atoms with Gasteiger partial charge in [-0.15, -0.1) is 0 Å². The van der Waals surface area contributed by atoms with E-state index in [1.54, 1.807) is 4.90 Å². The van der Waals surface area contributed by atoms with Crippen LogP contribution < -0.4 is 0 Å². The van der Waals surface area contributed by atoms with Crippen molar-refractivity contribution in [3.8, 4) is 0 Å². The van der Waals surface area contributed by atoms with Gasteiger partial charge in [0, 0.05) is 38.7 Å². The van der Waals surface area contributed by atoms with E-state index in [-0.39, 0.29) is 36.3 Å². The van der Waals surface area contributed by atoms with E-state index in [2.05, 4.69) is 6.92 Å². The summed E-state index contributed by atoms with van der Waals surface area (Å²) < 4.78 is 0. The van der Waals surface area contributed by atoms with Crippen molar-refractivity contribution in [2.75, 3.05) is 19.7 Å². The highest BCUT2D eigenvalue weighted by molar-refractivity contribution is 5.89. The highest BCUT2D eigenvalue weighted by Gasteiger charge is 2.39. The molecule has 0 radical (unpaired) electrons. The quantitative estimate of drug-likeness (QED) is 0.913. The third-order valence-corrected chi connectivity index (χ3v) is 5.30. The molecule has 0 spiro atoms. The van der Waals surface area contributed by atoms with E-state index in [1.165, 1.54) is 0 Å². The van der Waals surface area contributed by atoms with Crippen LogP contribution in [-0.2, 0) is 16.1 Å². The van der Waals surface area contributed by atoms with Gasteiger partial charge in [0.1, 0.15) is 0 Å². The number of amides is 2. The van der Waals surface area contributed by atoms with Gasteiger partial charge in [-0.25, -0.2) is 0 Å². The van der Waals surface area contributed by atoms with Crippen molar-refractivity contribution in [3.05, 3.63) is 35.9 Å². The van der Waals surface area contributed by atoms with Crippen molar-refractivity contribution in [2.24, 2.45) is 11.8 Å². The summed E-state index contributed by atoms with van der Waals surface area (Å²) in [5.74, 6) is 0.0499. The van der Waals surface area contributed by atoms with Crippen molar-refractivity contribution in [3.63, 3.8) is 0 Å². The Morgan fingerprint density at radius 2 is 1.96 bits per heavy atom. The first-order chi connectivity index (χ1) is 11.6. The number of likely N-dealkylation sites (tertiary alicyclic amines) is 2. The first-order valence-corrected chi connectivity index (χ1v) is 8.81.